The molecule has 48 valence electrons. The van der Waals surface area contributed by atoms with E-state index in [2.05, 4.69) is 11.9 Å². The molecule has 2 unspecified atom stereocenters. The van der Waals surface area contributed by atoms with Gasteiger partial charge in [0.05, 0.1) is 0 Å². The molecule has 0 aromatic carbocycles. The zero-order valence-electron chi connectivity index (χ0n) is 5.23. The molecule has 0 saturated carbocycles. The van der Waals surface area contributed by atoms with Gasteiger partial charge in [0.2, 0.25) is 0 Å². The van der Waals surface area contributed by atoms with Crippen molar-refractivity contribution in [3.63, 3.8) is 0 Å². The van der Waals surface area contributed by atoms with Crippen LogP contribution in [0.25, 0.3) is 0 Å². The Morgan fingerprint density at radius 2 is 2.38 bits per heavy atom. The van der Waals surface area contributed by atoms with Gasteiger partial charge in [-0.2, -0.15) is 0 Å². The molecule has 1 aliphatic rings. The Morgan fingerprint density at radius 1 is 1.75 bits per heavy atom. The summed E-state index contributed by atoms with van der Waals surface area (Å²) in [6.45, 7) is 1.29. The molecule has 0 bridgehead atoms. The van der Waals surface area contributed by atoms with Crippen LogP contribution in [0.5, 0.6) is 0 Å². The fourth-order valence-corrected chi connectivity index (χ4v) is 1.06. The lowest BCUT2D eigenvalue weighted by atomic mass is 10.3. The van der Waals surface area contributed by atoms with Crippen molar-refractivity contribution in [2.75, 3.05) is 19.5 Å². The molecule has 0 radical (unpaired) electrons. The zero-order chi connectivity index (χ0) is 5.98. The van der Waals surface area contributed by atoms with E-state index >= 15 is 0 Å². The summed E-state index contributed by atoms with van der Waals surface area (Å²) in [5, 5.41) is 0. The maximum absolute atomic E-state index is 5.50. The molecule has 0 aliphatic carbocycles. The molecule has 1 saturated heterocycles. The zero-order valence-corrected chi connectivity index (χ0v) is 5.99. The number of alkyl halides is 1. The number of hydrogen-bond donors (Lipinski definition) is 0. The van der Waals surface area contributed by atoms with Gasteiger partial charge in [0.1, 0.15) is 0 Å². The van der Waals surface area contributed by atoms with Gasteiger partial charge in [-0.25, -0.2) is 0 Å². The molecule has 0 aromatic rings. The summed E-state index contributed by atoms with van der Waals surface area (Å²) in [5.74, 6) is 0.824. The molecule has 0 aromatic heterocycles. The van der Waals surface area contributed by atoms with Crippen molar-refractivity contribution in [1.82, 2.24) is 4.90 Å². The van der Waals surface area contributed by atoms with Gasteiger partial charge >= 0.3 is 0 Å². The van der Waals surface area contributed by atoms with Crippen LogP contribution in [0, 0.1) is 0 Å². The van der Waals surface area contributed by atoms with Gasteiger partial charge in [-0.15, -0.1) is 11.6 Å². The number of rotatable bonds is 3. The Kier molecular flexibility index (Phi) is 2.15. The van der Waals surface area contributed by atoms with Crippen LogP contribution in [-0.2, 0) is 0 Å². The predicted molar refractivity (Wildman–Crippen MR) is 36.4 cm³/mol. The maximum Gasteiger partial charge on any atom is 0.0224 e. The molecule has 0 N–H and O–H groups in total. The van der Waals surface area contributed by atoms with Gasteiger partial charge in [0, 0.05) is 18.5 Å². The van der Waals surface area contributed by atoms with Gasteiger partial charge in [0.25, 0.3) is 0 Å². The first-order valence-electron chi connectivity index (χ1n) is 3.11. The summed E-state index contributed by atoms with van der Waals surface area (Å²) in [7, 11) is 2.15. The summed E-state index contributed by atoms with van der Waals surface area (Å²) in [5.41, 5.74) is 0. The van der Waals surface area contributed by atoms with Crippen molar-refractivity contribution in [3.05, 3.63) is 0 Å². The van der Waals surface area contributed by atoms with Crippen LogP contribution < -0.4 is 0 Å². The lowest BCUT2D eigenvalue weighted by molar-refractivity contribution is 0.582. The minimum atomic E-state index is 0.824. The van der Waals surface area contributed by atoms with E-state index in [0.717, 1.165) is 11.9 Å². The highest BCUT2D eigenvalue weighted by atomic mass is 35.5. The first kappa shape index (κ1) is 6.37. The van der Waals surface area contributed by atoms with Crippen molar-refractivity contribution < 1.29 is 0 Å². The van der Waals surface area contributed by atoms with Crippen LogP contribution in [0.4, 0.5) is 0 Å². The molecule has 2 heteroatoms. The highest BCUT2D eigenvalue weighted by molar-refractivity contribution is 6.17. The van der Waals surface area contributed by atoms with Gasteiger partial charge in [0.15, 0.2) is 0 Å². The van der Waals surface area contributed by atoms with Gasteiger partial charge in [-0.1, -0.05) is 0 Å². The molecular weight excluding hydrogens is 122 g/mol. The van der Waals surface area contributed by atoms with E-state index in [0.29, 0.717) is 0 Å². The molecular formula is C6H12ClN. The second kappa shape index (κ2) is 2.70. The van der Waals surface area contributed by atoms with Crippen LogP contribution >= 0.6 is 11.6 Å². The number of likely N-dealkylation sites (N-methyl/N-ethyl adjacent to an activating group) is 1. The summed E-state index contributed by atoms with van der Waals surface area (Å²) in [6.07, 6.45) is 2.47. The van der Waals surface area contributed by atoms with Gasteiger partial charge < -0.3 is 4.90 Å². The van der Waals surface area contributed by atoms with Crippen LogP contribution in [0.3, 0.4) is 0 Å². The maximum atomic E-state index is 5.50. The average molecular weight is 134 g/mol. The number of hydrogen-bond acceptors (Lipinski definition) is 1. The van der Waals surface area contributed by atoms with E-state index in [1.54, 1.807) is 0 Å². The molecule has 1 rings (SSSR count). The minimum absolute atomic E-state index is 0.824. The van der Waals surface area contributed by atoms with Crippen molar-refractivity contribution >= 4 is 11.6 Å². The first-order valence-corrected chi connectivity index (χ1v) is 3.64. The summed E-state index contributed by atoms with van der Waals surface area (Å²) in [6, 6.07) is 0.869. The Hall–Kier alpha value is 0.250. The third-order valence-corrected chi connectivity index (χ3v) is 1.93. The van der Waals surface area contributed by atoms with E-state index in [1.807, 2.05) is 0 Å². The molecule has 1 fully saturated rings. The fourth-order valence-electron chi connectivity index (χ4n) is 0.910. The second-order valence-electron chi connectivity index (χ2n) is 2.42. The third kappa shape index (κ3) is 1.64. The first-order chi connectivity index (χ1) is 3.84. The van der Waals surface area contributed by atoms with Gasteiger partial charge in [-0.3, -0.25) is 0 Å². The lowest BCUT2D eigenvalue weighted by Crippen LogP contribution is -1.93. The monoisotopic (exact) mass is 133 g/mol. The standard InChI is InChI=1S/C6H12ClN/c1-8-5-6(8)3-2-4-7/h6H,2-5H2,1H3. The summed E-state index contributed by atoms with van der Waals surface area (Å²) < 4.78 is 0. The number of halogens is 1. The van der Waals surface area contributed by atoms with Crippen LogP contribution in [0.15, 0.2) is 0 Å². The third-order valence-electron chi connectivity index (χ3n) is 1.66. The molecule has 1 heterocycles. The lowest BCUT2D eigenvalue weighted by Gasteiger charge is -1.91. The fraction of sp³-hybridized carbons (Fsp3) is 1.00. The van der Waals surface area contributed by atoms with E-state index in [4.69, 9.17) is 11.6 Å². The second-order valence-corrected chi connectivity index (χ2v) is 2.80. The van der Waals surface area contributed by atoms with Crippen molar-refractivity contribution in [2.45, 2.75) is 18.9 Å². The van der Waals surface area contributed by atoms with Crippen molar-refractivity contribution in [1.29, 1.82) is 0 Å². The predicted octanol–water partition coefficient (Wildman–Crippen LogP) is 1.32. The van der Waals surface area contributed by atoms with Crippen molar-refractivity contribution in [2.24, 2.45) is 0 Å². The Balaban J connectivity index is 1.89. The van der Waals surface area contributed by atoms with Crippen LogP contribution in [0.2, 0.25) is 0 Å². The summed E-state index contributed by atoms with van der Waals surface area (Å²) >= 11 is 5.50. The molecule has 0 amide bonds. The van der Waals surface area contributed by atoms with E-state index in [1.165, 1.54) is 19.4 Å². The topological polar surface area (TPSA) is 3.01 Å². The van der Waals surface area contributed by atoms with Crippen LogP contribution in [-0.4, -0.2) is 30.4 Å². The molecule has 1 nitrogen and oxygen atoms in total. The normalized spacial score (nSPS) is 35.2. The van der Waals surface area contributed by atoms with Crippen LogP contribution in [0.1, 0.15) is 12.8 Å². The van der Waals surface area contributed by atoms with E-state index < -0.39 is 0 Å². The Labute approximate surface area is 55.6 Å². The Bertz CT molecular complexity index is 74.9. The number of nitrogens with zero attached hydrogens (tertiary/aromatic N) is 1. The molecule has 2 atom stereocenters. The van der Waals surface area contributed by atoms with Crippen molar-refractivity contribution in [3.8, 4) is 0 Å². The van der Waals surface area contributed by atoms with E-state index in [9.17, 15) is 0 Å². The highest BCUT2D eigenvalue weighted by Crippen LogP contribution is 2.18. The smallest absolute Gasteiger partial charge is 0.0224 e. The molecule has 1 aliphatic heterocycles. The largest absolute Gasteiger partial charge is 0.301 e. The quantitative estimate of drug-likeness (QED) is 0.415. The summed E-state index contributed by atoms with van der Waals surface area (Å²) in [4.78, 5) is 2.34. The highest BCUT2D eigenvalue weighted by Gasteiger charge is 2.27. The molecule has 8 heavy (non-hydrogen) atoms. The van der Waals surface area contributed by atoms with E-state index in [-0.39, 0.29) is 0 Å². The average Bonchev–Trinajstić information content (AvgIpc) is 2.42. The van der Waals surface area contributed by atoms with Gasteiger partial charge in [-0.05, 0) is 19.9 Å². The minimum Gasteiger partial charge on any atom is -0.301 e. The SMILES string of the molecule is CN1CC1CCCCl. The molecule has 0 spiro atoms. The Morgan fingerprint density at radius 3 is 2.75 bits per heavy atom.